The van der Waals surface area contributed by atoms with E-state index >= 15 is 0 Å². The van der Waals surface area contributed by atoms with Crippen LogP contribution < -0.4 is 4.90 Å². The van der Waals surface area contributed by atoms with Crippen LogP contribution in [0.4, 0.5) is 10.5 Å². The third-order valence-corrected chi connectivity index (χ3v) is 3.98. The van der Waals surface area contributed by atoms with Crippen molar-refractivity contribution < 1.29 is 9.90 Å². The highest BCUT2D eigenvalue weighted by Gasteiger charge is 2.28. The SMILES string of the molecule is CN(c1ccc2cccnc2c1)[C@@H]1CCN(C(=O)O)C1. The Morgan fingerprint density at radius 2 is 2.30 bits per heavy atom. The molecule has 0 spiro atoms. The Balaban J connectivity index is 1.82. The summed E-state index contributed by atoms with van der Waals surface area (Å²) in [4.78, 5) is 19.0. The molecule has 3 rings (SSSR count). The number of hydrogen-bond acceptors (Lipinski definition) is 3. The Bertz CT molecular complexity index is 644. The lowest BCUT2D eigenvalue weighted by Gasteiger charge is -2.26. The molecule has 1 saturated heterocycles. The molecule has 0 unspecified atom stereocenters. The van der Waals surface area contributed by atoms with E-state index in [4.69, 9.17) is 5.11 Å². The number of fused-ring (bicyclic) bond motifs is 1. The predicted molar refractivity (Wildman–Crippen MR) is 78.1 cm³/mol. The highest BCUT2D eigenvalue weighted by Crippen LogP contribution is 2.24. The molecule has 1 aromatic carbocycles. The van der Waals surface area contributed by atoms with Crippen LogP contribution in [0.1, 0.15) is 6.42 Å². The van der Waals surface area contributed by atoms with E-state index in [-0.39, 0.29) is 6.04 Å². The smallest absolute Gasteiger partial charge is 0.407 e. The number of nitrogens with zero attached hydrogens (tertiary/aromatic N) is 3. The van der Waals surface area contributed by atoms with Gasteiger partial charge < -0.3 is 14.9 Å². The highest BCUT2D eigenvalue weighted by atomic mass is 16.4. The zero-order valence-corrected chi connectivity index (χ0v) is 11.4. The molecule has 1 fully saturated rings. The number of amides is 1. The zero-order valence-electron chi connectivity index (χ0n) is 11.4. The number of anilines is 1. The minimum atomic E-state index is -0.832. The van der Waals surface area contributed by atoms with Gasteiger partial charge in [0.25, 0.3) is 0 Å². The van der Waals surface area contributed by atoms with Gasteiger partial charge in [-0.1, -0.05) is 12.1 Å². The minimum Gasteiger partial charge on any atom is -0.465 e. The van der Waals surface area contributed by atoms with E-state index in [1.165, 1.54) is 4.90 Å². The number of likely N-dealkylation sites (N-methyl/N-ethyl adjacent to an activating group) is 1. The van der Waals surface area contributed by atoms with Crippen LogP contribution in [0.2, 0.25) is 0 Å². The lowest BCUT2D eigenvalue weighted by molar-refractivity contribution is 0.155. The van der Waals surface area contributed by atoms with Crippen LogP contribution in [0.15, 0.2) is 36.5 Å². The fourth-order valence-electron chi connectivity index (χ4n) is 2.72. The molecule has 0 bridgehead atoms. The number of hydrogen-bond donors (Lipinski definition) is 1. The Morgan fingerprint density at radius 3 is 3.05 bits per heavy atom. The first-order chi connectivity index (χ1) is 9.65. The van der Waals surface area contributed by atoms with Crippen molar-refractivity contribution in [2.45, 2.75) is 12.5 Å². The number of carbonyl (C=O) groups is 1. The summed E-state index contributed by atoms with van der Waals surface area (Å²) in [6, 6.07) is 10.4. The summed E-state index contributed by atoms with van der Waals surface area (Å²) in [5, 5.41) is 10.1. The third-order valence-electron chi connectivity index (χ3n) is 3.98. The summed E-state index contributed by atoms with van der Waals surface area (Å²) >= 11 is 0. The molecule has 20 heavy (non-hydrogen) atoms. The number of aromatic nitrogens is 1. The monoisotopic (exact) mass is 271 g/mol. The topological polar surface area (TPSA) is 56.7 Å². The van der Waals surface area contributed by atoms with Gasteiger partial charge in [-0.15, -0.1) is 0 Å². The van der Waals surface area contributed by atoms with Crippen LogP contribution in [0.25, 0.3) is 10.9 Å². The van der Waals surface area contributed by atoms with E-state index in [9.17, 15) is 4.79 Å². The van der Waals surface area contributed by atoms with Crippen molar-refractivity contribution in [1.29, 1.82) is 0 Å². The van der Waals surface area contributed by atoms with Crippen molar-refractivity contribution in [1.82, 2.24) is 9.88 Å². The molecule has 1 aliphatic heterocycles. The molecule has 1 aromatic heterocycles. The predicted octanol–water partition coefficient (Wildman–Crippen LogP) is 2.42. The molecule has 0 radical (unpaired) electrons. The maximum absolute atomic E-state index is 11.0. The van der Waals surface area contributed by atoms with Crippen molar-refractivity contribution in [2.75, 3.05) is 25.0 Å². The van der Waals surface area contributed by atoms with Gasteiger partial charge in [0.15, 0.2) is 0 Å². The Kier molecular flexibility index (Phi) is 3.18. The molecule has 1 N–H and O–H groups in total. The summed E-state index contributed by atoms with van der Waals surface area (Å²) in [6.07, 6.45) is 1.82. The van der Waals surface area contributed by atoms with Crippen LogP contribution in [0.5, 0.6) is 0 Å². The summed E-state index contributed by atoms with van der Waals surface area (Å²) in [6.45, 7) is 1.17. The highest BCUT2D eigenvalue weighted by molar-refractivity contribution is 5.82. The Morgan fingerprint density at radius 1 is 1.45 bits per heavy atom. The lowest BCUT2D eigenvalue weighted by Crippen LogP contribution is -2.36. The fraction of sp³-hybridized carbons (Fsp3) is 0.333. The van der Waals surface area contributed by atoms with Crippen molar-refractivity contribution in [3.8, 4) is 0 Å². The molecule has 0 saturated carbocycles. The van der Waals surface area contributed by atoms with E-state index in [2.05, 4.69) is 28.1 Å². The molecule has 2 heterocycles. The first-order valence-electron chi connectivity index (χ1n) is 6.70. The number of carboxylic acid groups (broad SMARTS) is 1. The standard InChI is InChI=1S/C15H17N3O2/c1-17(13-6-8-18(10-13)15(19)20)12-5-4-11-3-2-7-16-14(11)9-12/h2-5,7,9,13H,6,8,10H2,1H3,(H,19,20)/t13-/m1/s1. The van der Waals surface area contributed by atoms with Crippen molar-refractivity contribution >= 4 is 22.7 Å². The van der Waals surface area contributed by atoms with E-state index in [1.54, 1.807) is 6.20 Å². The minimum absolute atomic E-state index is 0.229. The van der Waals surface area contributed by atoms with Gasteiger partial charge in [0.1, 0.15) is 0 Å². The largest absolute Gasteiger partial charge is 0.465 e. The number of benzene rings is 1. The van der Waals surface area contributed by atoms with Gasteiger partial charge in [-0.3, -0.25) is 4.98 Å². The first-order valence-corrected chi connectivity index (χ1v) is 6.70. The second-order valence-electron chi connectivity index (χ2n) is 5.16. The van der Waals surface area contributed by atoms with E-state index in [1.807, 2.05) is 19.2 Å². The van der Waals surface area contributed by atoms with Crippen molar-refractivity contribution in [3.63, 3.8) is 0 Å². The van der Waals surface area contributed by atoms with Crippen molar-refractivity contribution in [3.05, 3.63) is 36.5 Å². The van der Waals surface area contributed by atoms with Gasteiger partial charge in [0, 0.05) is 43.4 Å². The van der Waals surface area contributed by atoms with Crippen LogP contribution >= 0.6 is 0 Å². The summed E-state index contributed by atoms with van der Waals surface area (Å²) in [5.41, 5.74) is 2.04. The van der Waals surface area contributed by atoms with Crippen LogP contribution in [-0.2, 0) is 0 Å². The molecular formula is C15H17N3O2. The first kappa shape index (κ1) is 12.7. The summed E-state index contributed by atoms with van der Waals surface area (Å²) in [7, 11) is 2.01. The van der Waals surface area contributed by atoms with Gasteiger partial charge in [-0.05, 0) is 24.6 Å². The molecule has 2 aromatic rings. The molecule has 1 amide bonds. The van der Waals surface area contributed by atoms with Gasteiger partial charge >= 0.3 is 6.09 Å². The number of rotatable bonds is 2. The molecule has 104 valence electrons. The summed E-state index contributed by atoms with van der Waals surface area (Å²) in [5.74, 6) is 0. The average Bonchev–Trinajstić information content (AvgIpc) is 2.96. The quantitative estimate of drug-likeness (QED) is 0.911. The van der Waals surface area contributed by atoms with Gasteiger partial charge in [0.05, 0.1) is 5.52 Å². The van der Waals surface area contributed by atoms with Crippen LogP contribution in [0, 0.1) is 0 Å². The number of pyridine rings is 1. The van der Waals surface area contributed by atoms with Crippen molar-refractivity contribution in [2.24, 2.45) is 0 Å². The van der Waals surface area contributed by atoms with Crippen LogP contribution in [-0.4, -0.2) is 47.3 Å². The fourth-order valence-corrected chi connectivity index (χ4v) is 2.72. The molecule has 0 aliphatic carbocycles. The third kappa shape index (κ3) is 2.27. The molecule has 1 aliphatic rings. The lowest BCUT2D eigenvalue weighted by atomic mass is 10.1. The molecular weight excluding hydrogens is 254 g/mol. The second kappa shape index (κ2) is 5.00. The second-order valence-corrected chi connectivity index (χ2v) is 5.16. The number of likely N-dealkylation sites (tertiary alicyclic amines) is 1. The normalized spacial score (nSPS) is 18.4. The maximum Gasteiger partial charge on any atom is 0.407 e. The molecule has 5 nitrogen and oxygen atoms in total. The van der Waals surface area contributed by atoms with Gasteiger partial charge in [0.2, 0.25) is 0 Å². The zero-order chi connectivity index (χ0) is 14.1. The maximum atomic E-state index is 11.0. The van der Waals surface area contributed by atoms with E-state index in [0.29, 0.717) is 13.1 Å². The molecule has 5 heteroatoms. The van der Waals surface area contributed by atoms with E-state index in [0.717, 1.165) is 23.0 Å². The van der Waals surface area contributed by atoms with E-state index < -0.39 is 6.09 Å². The Hall–Kier alpha value is -2.30. The van der Waals surface area contributed by atoms with Crippen LogP contribution in [0.3, 0.4) is 0 Å². The Labute approximate surface area is 117 Å². The summed E-state index contributed by atoms with van der Waals surface area (Å²) < 4.78 is 0. The van der Waals surface area contributed by atoms with Gasteiger partial charge in [-0.2, -0.15) is 0 Å². The van der Waals surface area contributed by atoms with Gasteiger partial charge in [-0.25, -0.2) is 4.79 Å². The average molecular weight is 271 g/mol. The molecule has 1 atom stereocenters.